The molecule has 76 valence electrons. The first-order chi connectivity index (χ1) is 6.56. The number of fused-ring (bicyclic) bond motifs is 1. The summed E-state index contributed by atoms with van der Waals surface area (Å²) in [7, 11) is 0. The molecule has 0 N–H and O–H groups in total. The Morgan fingerprint density at radius 1 is 1.29 bits per heavy atom. The summed E-state index contributed by atoms with van der Waals surface area (Å²) in [6.07, 6.45) is -5.88. The number of halogens is 3. The van der Waals surface area contributed by atoms with Gasteiger partial charge < -0.3 is 4.74 Å². The lowest BCUT2D eigenvalue weighted by Crippen LogP contribution is -2.13. The molecule has 0 bridgehead atoms. The molecule has 14 heavy (non-hydrogen) atoms. The average molecular weight is 202 g/mol. The molecule has 1 atom stereocenters. The highest BCUT2D eigenvalue weighted by Gasteiger charge is 2.36. The fraction of sp³-hybridized carbons (Fsp3) is 0.400. The Morgan fingerprint density at radius 2 is 2.00 bits per heavy atom. The Labute approximate surface area is 79.5 Å². The predicted octanol–water partition coefficient (Wildman–Crippen LogP) is 3.21. The van der Waals surface area contributed by atoms with E-state index in [9.17, 15) is 13.2 Å². The zero-order valence-electron chi connectivity index (χ0n) is 7.34. The van der Waals surface area contributed by atoms with Gasteiger partial charge in [0.2, 0.25) is 0 Å². The quantitative estimate of drug-likeness (QED) is 0.679. The molecule has 0 fully saturated rings. The smallest absolute Gasteiger partial charge is 0.368 e. The first-order valence-corrected chi connectivity index (χ1v) is 4.32. The van der Waals surface area contributed by atoms with Crippen molar-refractivity contribution in [3.05, 3.63) is 35.4 Å². The number of hydrogen-bond donors (Lipinski definition) is 0. The maximum atomic E-state index is 12.1. The molecule has 0 aromatic heterocycles. The van der Waals surface area contributed by atoms with Gasteiger partial charge in [-0.2, -0.15) is 13.2 Å². The summed E-state index contributed by atoms with van der Waals surface area (Å²) in [6, 6.07) is 7.03. The molecule has 0 aliphatic carbocycles. The van der Waals surface area contributed by atoms with Crippen molar-refractivity contribution in [3.8, 4) is 0 Å². The van der Waals surface area contributed by atoms with Crippen LogP contribution in [0.3, 0.4) is 0 Å². The Kier molecular flexibility index (Phi) is 2.23. The second-order valence-corrected chi connectivity index (χ2v) is 3.32. The van der Waals surface area contributed by atoms with E-state index in [0.717, 1.165) is 5.56 Å². The van der Waals surface area contributed by atoms with Crippen LogP contribution in [-0.2, 0) is 11.3 Å². The molecule has 1 aromatic carbocycles. The molecule has 0 spiro atoms. The van der Waals surface area contributed by atoms with E-state index in [1.54, 1.807) is 24.3 Å². The van der Waals surface area contributed by atoms with E-state index < -0.39 is 18.7 Å². The first kappa shape index (κ1) is 9.52. The highest BCUT2D eigenvalue weighted by molar-refractivity contribution is 5.31. The van der Waals surface area contributed by atoms with Gasteiger partial charge in [0, 0.05) is 0 Å². The van der Waals surface area contributed by atoms with E-state index in [0.29, 0.717) is 5.56 Å². The Hall–Kier alpha value is -1.03. The monoisotopic (exact) mass is 202 g/mol. The highest BCUT2D eigenvalue weighted by atomic mass is 19.4. The van der Waals surface area contributed by atoms with E-state index in [4.69, 9.17) is 4.74 Å². The first-order valence-electron chi connectivity index (χ1n) is 4.32. The molecule has 0 saturated carbocycles. The van der Waals surface area contributed by atoms with Crippen LogP contribution < -0.4 is 0 Å². The molecule has 4 heteroatoms. The molecule has 1 aromatic rings. The van der Waals surface area contributed by atoms with Crippen molar-refractivity contribution in [2.24, 2.45) is 0 Å². The van der Waals surface area contributed by atoms with Crippen molar-refractivity contribution in [2.45, 2.75) is 25.3 Å². The third-order valence-corrected chi connectivity index (χ3v) is 2.26. The van der Waals surface area contributed by atoms with E-state index in [-0.39, 0.29) is 6.61 Å². The SMILES string of the molecule is FC(F)(F)CC1OCc2ccccc21. The third kappa shape index (κ3) is 1.90. The Morgan fingerprint density at radius 3 is 2.71 bits per heavy atom. The van der Waals surface area contributed by atoms with Crippen LogP contribution in [0.2, 0.25) is 0 Å². The van der Waals surface area contributed by atoms with Gasteiger partial charge in [0.1, 0.15) is 0 Å². The second kappa shape index (κ2) is 3.28. The van der Waals surface area contributed by atoms with Crippen molar-refractivity contribution in [3.63, 3.8) is 0 Å². The van der Waals surface area contributed by atoms with Gasteiger partial charge in [0.25, 0.3) is 0 Å². The summed E-state index contributed by atoms with van der Waals surface area (Å²) in [4.78, 5) is 0. The van der Waals surface area contributed by atoms with Gasteiger partial charge in [0.05, 0.1) is 19.1 Å². The molecular weight excluding hydrogens is 193 g/mol. The third-order valence-electron chi connectivity index (χ3n) is 2.26. The zero-order chi connectivity index (χ0) is 10.2. The molecule has 1 nitrogen and oxygen atoms in total. The normalized spacial score (nSPS) is 20.9. The molecule has 1 aliphatic heterocycles. The van der Waals surface area contributed by atoms with Crippen molar-refractivity contribution in [2.75, 3.05) is 0 Å². The molecule has 1 unspecified atom stereocenters. The van der Waals surface area contributed by atoms with Crippen LogP contribution >= 0.6 is 0 Å². The van der Waals surface area contributed by atoms with Crippen molar-refractivity contribution < 1.29 is 17.9 Å². The van der Waals surface area contributed by atoms with Crippen LogP contribution in [0.4, 0.5) is 13.2 Å². The summed E-state index contributed by atoms with van der Waals surface area (Å²) in [6.45, 7) is 0.289. The van der Waals surface area contributed by atoms with Crippen LogP contribution in [-0.4, -0.2) is 6.18 Å². The molecule has 0 radical (unpaired) electrons. The van der Waals surface area contributed by atoms with E-state index in [2.05, 4.69) is 0 Å². The summed E-state index contributed by atoms with van der Waals surface area (Å²) in [5, 5.41) is 0. The summed E-state index contributed by atoms with van der Waals surface area (Å²) >= 11 is 0. The minimum absolute atomic E-state index is 0.289. The average Bonchev–Trinajstić information content (AvgIpc) is 2.47. The van der Waals surface area contributed by atoms with Gasteiger partial charge in [-0.05, 0) is 11.1 Å². The van der Waals surface area contributed by atoms with E-state index in [1.165, 1.54) is 0 Å². The molecule has 0 saturated heterocycles. The van der Waals surface area contributed by atoms with Gasteiger partial charge in [0.15, 0.2) is 0 Å². The van der Waals surface area contributed by atoms with Crippen LogP contribution in [0.1, 0.15) is 23.7 Å². The van der Waals surface area contributed by atoms with E-state index >= 15 is 0 Å². The predicted molar refractivity (Wildman–Crippen MR) is 44.6 cm³/mol. The fourth-order valence-corrected chi connectivity index (χ4v) is 1.64. The topological polar surface area (TPSA) is 9.23 Å². The molecule has 1 aliphatic rings. The lowest BCUT2D eigenvalue weighted by molar-refractivity contribution is -0.160. The Balaban J connectivity index is 2.18. The van der Waals surface area contributed by atoms with Crippen LogP contribution in [0.5, 0.6) is 0 Å². The second-order valence-electron chi connectivity index (χ2n) is 3.32. The standard InChI is InChI=1S/C10H9F3O/c11-10(12,13)5-9-8-4-2-1-3-7(8)6-14-9/h1-4,9H,5-6H2. The van der Waals surface area contributed by atoms with Crippen LogP contribution in [0.15, 0.2) is 24.3 Å². The summed E-state index contributed by atoms with van der Waals surface area (Å²) in [5.41, 5.74) is 1.53. The van der Waals surface area contributed by atoms with Crippen molar-refractivity contribution >= 4 is 0 Å². The number of benzene rings is 1. The van der Waals surface area contributed by atoms with Crippen molar-refractivity contribution in [1.82, 2.24) is 0 Å². The van der Waals surface area contributed by atoms with Gasteiger partial charge in [-0.15, -0.1) is 0 Å². The highest BCUT2D eigenvalue weighted by Crippen LogP contribution is 2.38. The summed E-state index contributed by atoms with van der Waals surface area (Å²) < 4.78 is 41.4. The fourth-order valence-electron chi connectivity index (χ4n) is 1.64. The van der Waals surface area contributed by atoms with Crippen LogP contribution in [0.25, 0.3) is 0 Å². The zero-order valence-corrected chi connectivity index (χ0v) is 7.34. The molecule has 0 amide bonds. The molecule has 1 heterocycles. The number of rotatable bonds is 1. The molecular formula is C10H9F3O. The van der Waals surface area contributed by atoms with Gasteiger partial charge in [-0.1, -0.05) is 24.3 Å². The number of ether oxygens (including phenoxy) is 1. The molecule has 2 rings (SSSR count). The lowest BCUT2D eigenvalue weighted by Gasteiger charge is -2.13. The van der Waals surface area contributed by atoms with E-state index in [1.807, 2.05) is 0 Å². The van der Waals surface area contributed by atoms with Gasteiger partial charge in [-0.3, -0.25) is 0 Å². The summed E-state index contributed by atoms with van der Waals surface area (Å²) in [5.74, 6) is 0. The number of hydrogen-bond acceptors (Lipinski definition) is 1. The minimum Gasteiger partial charge on any atom is -0.368 e. The van der Waals surface area contributed by atoms with Gasteiger partial charge >= 0.3 is 6.18 Å². The van der Waals surface area contributed by atoms with Gasteiger partial charge in [-0.25, -0.2) is 0 Å². The lowest BCUT2D eigenvalue weighted by atomic mass is 10.0. The van der Waals surface area contributed by atoms with Crippen LogP contribution in [0, 0.1) is 0 Å². The number of alkyl halides is 3. The Bertz CT molecular complexity index is 332. The maximum absolute atomic E-state index is 12.1. The minimum atomic E-state index is -4.16. The van der Waals surface area contributed by atoms with Crippen molar-refractivity contribution in [1.29, 1.82) is 0 Å². The maximum Gasteiger partial charge on any atom is 0.391 e. The largest absolute Gasteiger partial charge is 0.391 e.